The maximum Gasteiger partial charge on any atom is 1.00 e. The number of carbonyl (C=O) groups excluding carboxylic acids is 1. The van der Waals surface area contributed by atoms with Crippen LogP contribution in [0.3, 0.4) is 0 Å². The Balaban J connectivity index is 0. The van der Waals surface area contributed by atoms with Crippen LogP contribution in [0.15, 0.2) is 51.5 Å². The van der Waals surface area contributed by atoms with Gasteiger partial charge in [0.05, 0.1) is 10.6 Å². The molecule has 17 nitrogen and oxygen atoms in total. The molecule has 0 heterocycles. The van der Waals surface area contributed by atoms with Crippen molar-refractivity contribution >= 4 is 109 Å². The number of nitrogens with one attached hydrogen (secondary N) is 1. The number of azo groups is 1. The van der Waals surface area contributed by atoms with Crippen molar-refractivity contribution in [1.82, 2.24) is 0 Å². The molecule has 0 aliphatic carbocycles. The van der Waals surface area contributed by atoms with Crippen LogP contribution in [-0.4, -0.2) is 71.1 Å². The summed E-state index contributed by atoms with van der Waals surface area (Å²) in [6.45, 7) is 1.06. The molecule has 0 fully saturated rings. The third kappa shape index (κ3) is 13.3. The Morgan fingerprint density at radius 1 is 1.00 bits per heavy atom. The molecule has 0 aromatic heterocycles. The quantitative estimate of drug-likeness (QED) is 0.0244. The molecule has 1 amide bonds. The van der Waals surface area contributed by atoms with Crippen molar-refractivity contribution in [3.05, 3.63) is 36.4 Å². The number of phenols is 1. The van der Waals surface area contributed by atoms with Crippen molar-refractivity contribution in [1.29, 1.82) is 0 Å². The van der Waals surface area contributed by atoms with E-state index in [2.05, 4.69) is 46.2 Å². The Morgan fingerprint density at radius 3 is 2.16 bits per heavy atom. The van der Waals surface area contributed by atoms with Crippen LogP contribution in [0.2, 0.25) is 0 Å². The summed E-state index contributed by atoms with van der Waals surface area (Å²) in [5, 5.41) is 24.4. The largest absolute Gasteiger partial charge is 1.00 e. The summed E-state index contributed by atoms with van der Waals surface area (Å²) in [5.74, 6) is -2.84. The molecule has 0 spiro atoms. The summed E-state index contributed by atoms with van der Waals surface area (Å²) < 4.78 is 92.3. The number of rotatable bonds is 11. The van der Waals surface area contributed by atoms with Crippen LogP contribution in [-0.2, 0) is 47.0 Å². The zero-order valence-corrected chi connectivity index (χ0v) is 34.1. The summed E-state index contributed by atoms with van der Waals surface area (Å²) in [6, 6.07) is 5.67. The van der Waals surface area contributed by atoms with E-state index < -0.39 is 60.8 Å². The van der Waals surface area contributed by atoms with Gasteiger partial charge in [0.15, 0.2) is 22.9 Å². The molecule has 2 unspecified atom stereocenters. The molecule has 43 heavy (non-hydrogen) atoms. The monoisotopic (exact) mass is 714 g/mol. The second-order valence-corrected chi connectivity index (χ2v) is 9.59. The second-order valence-electron chi connectivity index (χ2n) is 6.91. The van der Waals surface area contributed by atoms with E-state index in [1.807, 2.05) is 0 Å². The molecular weight excluding hydrogens is 702 g/mol. The molecule has 0 saturated carbocycles. The van der Waals surface area contributed by atoms with Crippen LogP contribution in [0.5, 0.6) is 23.0 Å². The van der Waals surface area contributed by atoms with E-state index in [1.165, 1.54) is 0 Å². The van der Waals surface area contributed by atoms with Crippen LogP contribution in [0.25, 0.3) is 10.8 Å². The molecular formula is C18H12N3Na4O14S4. The third-order valence-electron chi connectivity index (χ3n) is 4.39. The summed E-state index contributed by atoms with van der Waals surface area (Å²) in [4.78, 5) is 15.6. The van der Waals surface area contributed by atoms with E-state index in [-0.39, 0.29) is 152 Å². The Morgan fingerprint density at radius 2 is 1.63 bits per heavy atom. The minimum Gasteiger partial charge on any atom is -0.744 e. The molecule has 2 N–H and O–H groups in total. The number of phenolic OH excluding ortho intramolecular Hbond substituents is 1. The molecule has 3 rings (SSSR count). The van der Waals surface area contributed by atoms with Gasteiger partial charge in [-0.15, -0.1) is 14.6 Å². The number of carbonyl (C=O) groups is 1. The van der Waals surface area contributed by atoms with Crippen molar-refractivity contribution in [2.24, 2.45) is 10.2 Å². The van der Waals surface area contributed by atoms with Gasteiger partial charge in [-0.2, -0.15) is 0 Å². The van der Waals surface area contributed by atoms with Crippen molar-refractivity contribution in [3.8, 4) is 23.0 Å². The number of hydrogen-bond acceptors (Lipinski definition) is 17. The number of aromatic hydroxyl groups is 1. The van der Waals surface area contributed by atoms with E-state index in [9.17, 15) is 40.4 Å². The molecule has 0 aliphatic rings. The molecule has 0 saturated heterocycles. The maximum absolute atomic E-state index is 11.7. The number of hydrogen-bond donors (Lipinski definition) is 3. The molecule has 211 valence electrons. The number of fused-ring (bicyclic) bond motifs is 1. The first-order valence-electron chi connectivity index (χ1n) is 9.63. The predicted molar refractivity (Wildman–Crippen MR) is 135 cm³/mol. The SMILES string of the molecule is CC(=O)Nc1cc(S(=O)(=O)[O-])cc2cc(OS(=O)[O-])c(N=Nc3cc(OS(=O)[O-])ccc3OOOS)c(O)c12.[Na+].[Na+].[Na+].[Na]. The minimum atomic E-state index is -5.07. The summed E-state index contributed by atoms with van der Waals surface area (Å²) >= 11 is -2.93. The Kier molecular flexibility index (Phi) is 22.1. The van der Waals surface area contributed by atoms with Gasteiger partial charge in [-0.05, 0) is 40.8 Å². The third-order valence-corrected chi connectivity index (χ3v) is 5.91. The Bertz CT molecular complexity index is 1630. The fraction of sp³-hybridized carbons (Fsp3) is 0.0556. The number of benzene rings is 3. The van der Waals surface area contributed by atoms with E-state index in [0.29, 0.717) is 0 Å². The molecule has 3 aromatic carbocycles. The van der Waals surface area contributed by atoms with Crippen molar-refractivity contribution in [2.75, 3.05) is 5.32 Å². The van der Waals surface area contributed by atoms with Gasteiger partial charge in [0.25, 0.3) is 0 Å². The van der Waals surface area contributed by atoms with E-state index in [0.717, 1.165) is 43.3 Å². The first-order valence-corrected chi connectivity index (χ1v) is 13.4. The average molecular weight is 715 g/mol. The number of thiol groups is 1. The van der Waals surface area contributed by atoms with Gasteiger partial charge in [0.1, 0.15) is 44.3 Å². The van der Waals surface area contributed by atoms with Crippen LogP contribution >= 0.6 is 12.9 Å². The second kappa shape index (κ2) is 20.7. The topological polar surface area (TPSA) is 258 Å². The van der Waals surface area contributed by atoms with Gasteiger partial charge in [-0.1, -0.05) is 0 Å². The van der Waals surface area contributed by atoms with Gasteiger partial charge in [0, 0.05) is 60.8 Å². The van der Waals surface area contributed by atoms with E-state index in [4.69, 9.17) is 4.89 Å². The standard InChI is InChI=1S/C18H15N3O14S4.4Na/c1-8(22)19-13-7-11(39(28,29)30)4-9-5-15(33-38(26)27)17(18(23)16(9)13)21-20-12-6-10(32-37(24)25)2-3-14(12)31-34-35-36;;;;/h2-7,23,36H,1H3,(H,19,22)(H,24,25)(H,26,27)(H,28,29,30);;;;/q;;3*+1/p-3. The summed E-state index contributed by atoms with van der Waals surface area (Å²) in [7, 11) is -5.07. The molecule has 25 heteroatoms. The van der Waals surface area contributed by atoms with E-state index in [1.54, 1.807) is 0 Å². The Hall–Kier alpha value is 0.590. The van der Waals surface area contributed by atoms with E-state index >= 15 is 0 Å². The van der Waals surface area contributed by atoms with Gasteiger partial charge >= 0.3 is 88.7 Å². The van der Waals surface area contributed by atoms with Crippen molar-refractivity contribution in [2.45, 2.75) is 11.8 Å². The molecule has 0 aliphatic heterocycles. The maximum atomic E-state index is 11.7. The van der Waals surface area contributed by atoms with Gasteiger partial charge in [-0.3, -0.25) is 4.79 Å². The van der Waals surface area contributed by atoms with Crippen LogP contribution < -0.4 is 107 Å². The first-order chi connectivity index (χ1) is 18.3. The molecule has 2 atom stereocenters. The number of nitrogens with zero attached hydrogens (tertiary/aromatic N) is 2. The smallest absolute Gasteiger partial charge is 0.744 e. The fourth-order valence-electron chi connectivity index (χ4n) is 3.06. The van der Waals surface area contributed by atoms with Gasteiger partial charge in [-0.25, -0.2) is 16.8 Å². The number of anilines is 1. The molecule has 0 bridgehead atoms. The van der Waals surface area contributed by atoms with Crippen molar-refractivity contribution < 1.29 is 152 Å². The molecule has 3 aromatic rings. The zero-order valence-electron chi connectivity index (χ0n) is 22.8. The van der Waals surface area contributed by atoms with Gasteiger partial charge in [0.2, 0.25) is 5.91 Å². The fourth-order valence-corrected chi connectivity index (χ4v) is 4.16. The molecule has 1 radical (unpaired) electrons. The summed E-state index contributed by atoms with van der Waals surface area (Å²) in [5.41, 5.74) is -1.35. The Labute approximate surface area is 342 Å². The normalized spacial score (nSPS) is 12.0. The first kappa shape index (κ1) is 45.7. The predicted octanol–water partition coefficient (Wildman–Crippen LogP) is -7.11. The zero-order chi connectivity index (χ0) is 28.9. The number of amides is 1. The van der Waals surface area contributed by atoms with Crippen molar-refractivity contribution in [3.63, 3.8) is 0 Å². The van der Waals surface area contributed by atoms with Gasteiger partial charge < -0.3 is 37.3 Å². The van der Waals surface area contributed by atoms with Crippen LogP contribution in [0, 0.1) is 0 Å². The summed E-state index contributed by atoms with van der Waals surface area (Å²) in [6.07, 6.45) is 0. The average Bonchev–Trinajstić information content (AvgIpc) is 2.81. The minimum absolute atomic E-state index is 0. The van der Waals surface area contributed by atoms with Crippen LogP contribution in [0.1, 0.15) is 6.92 Å². The van der Waals surface area contributed by atoms with Crippen LogP contribution in [0.4, 0.5) is 17.1 Å².